The van der Waals surface area contributed by atoms with Crippen molar-refractivity contribution in [2.24, 2.45) is 0 Å². The molecular formula is C26H30NO6. The summed E-state index contributed by atoms with van der Waals surface area (Å²) in [6, 6.07) is 0. The Kier molecular flexibility index (Phi) is 11.4. The minimum atomic E-state index is -1.02. The zero-order valence-corrected chi connectivity index (χ0v) is 18.6. The molecule has 0 saturated heterocycles. The highest BCUT2D eigenvalue weighted by Crippen LogP contribution is 2.26. The van der Waals surface area contributed by atoms with Gasteiger partial charge in [0.1, 0.15) is 5.54 Å². The van der Waals surface area contributed by atoms with Crippen molar-refractivity contribution in [2.75, 3.05) is 39.6 Å². The number of ether oxygens (including phenoxy) is 3. The number of carbonyl (C=O) groups is 2. The Morgan fingerprint density at radius 1 is 0.667 bits per heavy atom. The maximum Gasteiger partial charge on any atom is 0.303 e. The van der Waals surface area contributed by atoms with E-state index in [0.717, 1.165) is 17.8 Å². The summed E-state index contributed by atoms with van der Waals surface area (Å²) in [7, 11) is 0. The molecule has 0 heterocycles. The maximum atomic E-state index is 12.6. The van der Waals surface area contributed by atoms with Crippen LogP contribution in [0.1, 0.15) is 12.8 Å². The Hall–Kier alpha value is -1.18. The molecule has 3 fully saturated rings. The van der Waals surface area contributed by atoms with Gasteiger partial charge in [-0.25, -0.2) is 0 Å². The highest BCUT2D eigenvalue weighted by molar-refractivity contribution is 5.81. The van der Waals surface area contributed by atoms with Crippen molar-refractivity contribution in [1.29, 1.82) is 0 Å². The lowest BCUT2D eigenvalue weighted by atomic mass is 10.0. The predicted octanol–water partition coefficient (Wildman–Crippen LogP) is 1.97. The van der Waals surface area contributed by atoms with Gasteiger partial charge in [0.05, 0.1) is 46.1 Å². The molecule has 3 aliphatic carbocycles. The van der Waals surface area contributed by atoms with Crippen molar-refractivity contribution in [1.82, 2.24) is 5.32 Å². The van der Waals surface area contributed by atoms with E-state index in [1.165, 1.54) is 0 Å². The second kappa shape index (κ2) is 14.3. The van der Waals surface area contributed by atoms with E-state index in [2.05, 4.69) is 5.32 Å². The molecule has 7 nitrogen and oxygen atoms in total. The number of carboxylic acids is 1. The Balaban J connectivity index is 1.59. The number of carboxylic acid groups (broad SMARTS) is 1. The van der Waals surface area contributed by atoms with Gasteiger partial charge in [-0.1, -0.05) is 0 Å². The lowest BCUT2D eigenvalue weighted by Gasteiger charge is -2.35. The van der Waals surface area contributed by atoms with E-state index < -0.39 is 11.5 Å². The Morgan fingerprint density at radius 3 is 1.36 bits per heavy atom. The van der Waals surface area contributed by atoms with Crippen LogP contribution in [-0.4, -0.2) is 62.2 Å². The van der Waals surface area contributed by atoms with Gasteiger partial charge in [0.2, 0.25) is 5.91 Å². The third-order valence-corrected chi connectivity index (χ3v) is 5.11. The number of hydrogen-bond acceptors (Lipinski definition) is 5. The van der Waals surface area contributed by atoms with Crippen molar-refractivity contribution in [3.63, 3.8) is 0 Å². The summed E-state index contributed by atoms with van der Waals surface area (Å²) in [4.78, 5) is 23.5. The average molecular weight is 453 g/mol. The number of rotatable bonds is 16. The summed E-state index contributed by atoms with van der Waals surface area (Å²) in [5.74, 6) is 1.66. The first-order valence-corrected chi connectivity index (χ1v) is 10.9. The van der Waals surface area contributed by atoms with Crippen LogP contribution in [0.4, 0.5) is 0 Å². The Labute approximate surface area is 199 Å². The molecule has 0 spiro atoms. The van der Waals surface area contributed by atoms with Crippen LogP contribution >= 0.6 is 0 Å². The zero-order chi connectivity index (χ0) is 23.4. The van der Waals surface area contributed by atoms with Crippen molar-refractivity contribution in [3.05, 3.63) is 94.8 Å². The number of nitrogens with one attached hydrogen (secondary N) is 1. The van der Waals surface area contributed by atoms with E-state index in [1.54, 1.807) is 0 Å². The molecule has 3 saturated carbocycles. The van der Waals surface area contributed by atoms with Gasteiger partial charge in [0, 0.05) is 24.2 Å². The van der Waals surface area contributed by atoms with Crippen LogP contribution in [0.5, 0.6) is 0 Å². The van der Waals surface area contributed by atoms with Crippen LogP contribution in [0, 0.1) is 94.8 Å². The Morgan fingerprint density at radius 2 is 1.03 bits per heavy atom. The van der Waals surface area contributed by atoms with E-state index in [0.29, 0.717) is 19.8 Å². The molecule has 0 bridgehead atoms. The van der Waals surface area contributed by atoms with Gasteiger partial charge in [-0.3, -0.25) is 9.59 Å². The molecule has 0 aromatic carbocycles. The molecule has 0 atom stereocenters. The molecule has 1 amide bonds. The van der Waals surface area contributed by atoms with Crippen LogP contribution in [0.3, 0.4) is 0 Å². The lowest BCUT2D eigenvalue weighted by molar-refractivity contribution is -0.139. The lowest BCUT2D eigenvalue weighted by Crippen LogP contribution is -2.59. The van der Waals surface area contributed by atoms with E-state index in [9.17, 15) is 9.59 Å². The van der Waals surface area contributed by atoms with Crippen LogP contribution < -0.4 is 5.32 Å². The normalized spacial score (nSPS) is 20.6. The van der Waals surface area contributed by atoms with Crippen LogP contribution in [0.2, 0.25) is 0 Å². The van der Waals surface area contributed by atoms with Gasteiger partial charge in [-0.05, 0) is 77.0 Å². The van der Waals surface area contributed by atoms with E-state index in [-0.39, 0.29) is 38.6 Å². The molecule has 3 rings (SSSR count). The first-order valence-electron chi connectivity index (χ1n) is 10.9. The molecule has 0 aromatic rings. The molecule has 3 aliphatic rings. The summed E-state index contributed by atoms with van der Waals surface area (Å²) >= 11 is 0. The molecule has 175 valence electrons. The third kappa shape index (κ3) is 9.91. The van der Waals surface area contributed by atoms with Gasteiger partial charge in [-0.2, -0.15) is 0 Å². The SMILES string of the molecule is O=C(O)CCC(=O)NC(COC[C]1[CH][CH][CH][CH]1)(COC[C]1[CH][CH][CH][CH]1)COC[C]1[CH][CH][CH][CH]1. The fraction of sp³-hybridized carbons (Fsp3) is 0.346. The number of hydrogen-bond donors (Lipinski definition) is 2. The highest BCUT2D eigenvalue weighted by atomic mass is 16.5. The largest absolute Gasteiger partial charge is 0.481 e. The van der Waals surface area contributed by atoms with Crippen molar-refractivity contribution in [3.8, 4) is 0 Å². The van der Waals surface area contributed by atoms with Gasteiger partial charge in [0.15, 0.2) is 0 Å². The zero-order valence-electron chi connectivity index (χ0n) is 18.6. The molecular weight excluding hydrogens is 422 g/mol. The van der Waals surface area contributed by atoms with E-state index in [1.807, 2.05) is 77.0 Å². The van der Waals surface area contributed by atoms with Gasteiger partial charge >= 0.3 is 5.97 Å². The van der Waals surface area contributed by atoms with E-state index in [4.69, 9.17) is 19.3 Å². The molecule has 0 aromatic heterocycles. The summed E-state index contributed by atoms with van der Waals surface area (Å²) in [6.45, 7) is 1.60. The fourth-order valence-corrected chi connectivity index (χ4v) is 3.43. The van der Waals surface area contributed by atoms with Gasteiger partial charge in [-0.15, -0.1) is 0 Å². The van der Waals surface area contributed by atoms with Crippen molar-refractivity contribution in [2.45, 2.75) is 18.4 Å². The topological polar surface area (TPSA) is 94.1 Å². The van der Waals surface area contributed by atoms with Gasteiger partial charge < -0.3 is 24.6 Å². The molecule has 15 radical (unpaired) electrons. The van der Waals surface area contributed by atoms with Crippen LogP contribution in [0.25, 0.3) is 0 Å². The minimum Gasteiger partial charge on any atom is -0.481 e. The second-order valence-corrected chi connectivity index (χ2v) is 8.08. The average Bonchev–Trinajstić information content (AvgIpc) is 3.56. The molecule has 0 aliphatic heterocycles. The summed E-state index contributed by atoms with van der Waals surface area (Å²) in [5, 5.41) is 11.9. The first-order chi connectivity index (χ1) is 16.0. The molecule has 33 heavy (non-hydrogen) atoms. The van der Waals surface area contributed by atoms with Crippen LogP contribution in [0.15, 0.2) is 0 Å². The number of aliphatic carboxylic acids is 1. The third-order valence-electron chi connectivity index (χ3n) is 5.11. The number of amides is 1. The second-order valence-electron chi connectivity index (χ2n) is 8.08. The summed E-state index contributed by atoms with van der Waals surface area (Å²) in [5.41, 5.74) is -0.971. The Bertz CT molecular complexity index is 524. The molecule has 2 N–H and O–H groups in total. The van der Waals surface area contributed by atoms with Crippen molar-refractivity contribution >= 4 is 11.9 Å². The highest BCUT2D eigenvalue weighted by Gasteiger charge is 2.35. The smallest absolute Gasteiger partial charge is 0.303 e. The minimum absolute atomic E-state index is 0.133. The fourth-order valence-electron chi connectivity index (χ4n) is 3.43. The monoisotopic (exact) mass is 452 g/mol. The molecule has 0 unspecified atom stereocenters. The van der Waals surface area contributed by atoms with E-state index >= 15 is 0 Å². The first kappa shape index (κ1) is 26.4. The molecule has 7 heteroatoms. The van der Waals surface area contributed by atoms with Gasteiger partial charge in [0.25, 0.3) is 0 Å². The summed E-state index contributed by atoms with van der Waals surface area (Å²) < 4.78 is 17.9. The van der Waals surface area contributed by atoms with Crippen LogP contribution in [-0.2, 0) is 23.8 Å². The predicted molar refractivity (Wildman–Crippen MR) is 122 cm³/mol. The number of carbonyl (C=O) groups excluding carboxylic acids is 1. The summed E-state index contributed by atoms with van der Waals surface area (Å²) in [6.07, 6.45) is 23.0. The van der Waals surface area contributed by atoms with Crippen molar-refractivity contribution < 1.29 is 28.9 Å². The standard InChI is InChI=1S/C26H30NO6/c28-24(13-14-25(29)30)27-26(18-31-15-21-7-1-2-8-21,19-32-16-22-9-3-4-10-22)20-33-17-23-11-5-6-12-23/h1-12H,13-20H2,(H,27,28)(H,29,30). The maximum absolute atomic E-state index is 12.6. The quantitative estimate of drug-likeness (QED) is 0.372.